The first-order chi connectivity index (χ1) is 6.20. The lowest BCUT2D eigenvalue weighted by atomic mass is 10.4. The zero-order valence-corrected chi connectivity index (χ0v) is 8.44. The minimum Gasteiger partial charge on any atom is -0.302 e. The van der Waals surface area contributed by atoms with Crippen LogP contribution < -0.4 is 5.56 Å². The van der Waals surface area contributed by atoms with Crippen molar-refractivity contribution in [2.24, 2.45) is 7.05 Å². The molecule has 0 unspecified atom stereocenters. The van der Waals surface area contributed by atoms with Gasteiger partial charge in [-0.3, -0.25) is 8.75 Å². The average Bonchev–Trinajstić information content (AvgIpc) is 2.39. The molecule has 0 aliphatic carbocycles. The summed E-state index contributed by atoms with van der Waals surface area (Å²) < 4.78 is 1.99. The van der Waals surface area contributed by atoms with Crippen molar-refractivity contribution in [2.45, 2.75) is 4.21 Å². The summed E-state index contributed by atoms with van der Waals surface area (Å²) in [4.78, 5) is 21.3. The molecule has 1 aromatic heterocycles. The summed E-state index contributed by atoms with van der Waals surface area (Å²) in [6.45, 7) is 0. The van der Waals surface area contributed by atoms with E-state index in [4.69, 9.17) is 5.26 Å². The van der Waals surface area contributed by atoms with Gasteiger partial charge in [-0.2, -0.15) is 5.26 Å². The van der Waals surface area contributed by atoms with Gasteiger partial charge in [-0.15, -0.1) is 11.8 Å². The Morgan fingerprint density at radius 3 is 3.00 bits per heavy atom. The van der Waals surface area contributed by atoms with Crippen molar-refractivity contribution >= 4 is 29.6 Å². The van der Waals surface area contributed by atoms with E-state index in [1.807, 2.05) is 6.07 Å². The predicted octanol–water partition coefficient (Wildman–Crippen LogP) is 0.609. The number of nitrogens with zero attached hydrogens (tertiary/aromatic N) is 2. The van der Waals surface area contributed by atoms with Gasteiger partial charge >= 0.3 is 0 Å². The Balaban J connectivity index is 3.08. The number of aryl methyl sites for hydroxylation is 1. The average molecular weight is 214 g/mol. The molecule has 0 fully saturated rings. The summed E-state index contributed by atoms with van der Waals surface area (Å²) in [6, 6.07) is 1.83. The molecule has 1 rings (SSSR count). The third kappa shape index (κ3) is 1.99. The molecule has 0 atom stereocenters. The SMILES string of the molecule is Cn1sc(SCC=O)c(C#N)c1=O. The summed E-state index contributed by atoms with van der Waals surface area (Å²) in [7, 11) is 1.60. The van der Waals surface area contributed by atoms with Gasteiger partial charge in [0.05, 0.1) is 5.75 Å². The number of aldehydes is 1. The maximum absolute atomic E-state index is 11.2. The third-order valence-electron chi connectivity index (χ3n) is 1.32. The van der Waals surface area contributed by atoms with Gasteiger partial charge in [0.1, 0.15) is 22.1 Å². The van der Waals surface area contributed by atoms with Gasteiger partial charge < -0.3 is 4.79 Å². The fourth-order valence-electron chi connectivity index (χ4n) is 0.758. The molecule has 68 valence electrons. The van der Waals surface area contributed by atoms with Crippen LogP contribution in [0.15, 0.2) is 9.00 Å². The van der Waals surface area contributed by atoms with Gasteiger partial charge in [-0.25, -0.2) is 0 Å². The molecule has 0 saturated carbocycles. The molecule has 6 heteroatoms. The quantitative estimate of drug-likeness (QED) is 0.546. The minimum atomic E-state index is -0.291. The maximum atomic E-state index is 11.2. The molecule has 0 aliphatic rings. The molecule has 4 nitrogen and oxygen atoms in total. The normalized spacial score (nSPS) is 9.54. The van der Waals surface area contributed by atoms with E-state index in [0.717, 1.165) is 6.29 Å². The minimum absolute atomic E-state index is 0.138. The van der Waals surface area contributed by atoms with Gasteiger partial charge in [0.25, 0.3) is 5.56 Å². The van der Waals surface area contributed by atoms with Crippen LogP contribution in [0.3, 0.4) is 0 Å². The zero-order chi connectivity index (χ0) is 9.84. The van der Waals surface area contributed by atoms with Gasteiger partial charge in [0, 0.05) is 7.05 Å². The lowest BCUT2D eigenvalue weighted by molar-refractivity contribution is -0.105. The topological polar surface area (TPSA) is 62.9 Å². The standard InChI is InChI=1S/C7H6N2O2S2/c1-9-6(11)5(4-8)7(13-9)12-3-2-10/h2H,3H2,1H3. The first kappa shape index (κ1) is 10.0. The molecule has 0 N–H and O–H groups in total. The van der Waals surface area contributed by atoms with Crippen molar-refractivity contribution in [3.05, 3.63) is 15.9 Å². The molecule has 0 spiro atoms. The van der Waals surface area contributed by atoms with E-state index in [-0.39, 0.29) is 16.9 Å². The Bertz CT molecular complexity index is 413. The molecular formula is C7H6N2O2S2. The predicted molar refractivity (Wildman–Crippen MR) is 51.1 cm³/mol. The number of carbonyl (C=O) groups is 1. The van der Waals surface area contributed by atoms with Crippen molar-refractivity contribution < 1.29 is 4.79 Å². The van der Waals surface area contributed by atoms with E-state index in [1.165, 1.54) is 27.3 Å². The maximum Gasteiger partial charge on any atom is 0.279 e. The van der Waals surface area contributed by atoms with E-state index >= 15 is 0 Å². The Hall–Kier alpha value is -1.06. The van der Waals surface area contributed by atoms with Gasteiger partial charge in [-0.1, -0.05) is 0 Å². The molecule has 0 aliphatic heterocycles. The van der Waals surface area contributed by atoms with Crippen LogP contribution in [0.4, 0.5) is 0 Å². The van der Waals surface area contributed by atoms with Crippen molar-refractivity contribution in [1.82, 2.24) is 3.96 Å². The van der Waals surface area contributed by atoms with Crippen LogP contribution >= 0.6 is 23.3 Å². The highest BCUT2D eigenvalue weighted by atomic mass is 32.2. The molecule has 1 aromatic rings. The largest absolute Gasteiger partial charge is 0.302 e. The van der Waals surface area contributed by atoms with E-state index in [2.05, 4.69) is 0 Å². The molecule has 0 saturated heterocycles. The van der Waals surface area contributed by atoms with E-state index in [9.17, 15) is 9.59 Å². The summed E-state index contributed by atoms with van der Waals surface area (Å²) in [6.07, 6.45) is 0.746. The van der Waals surface area contributed by atoms with Gasteiger partial charge in [0.15, 0.2) is 0 Å². The lowest BCUT2D eigenvalue weighted by Crippen LogP contribution is -2.10. The first-order valence-electron chi connectivity index (χ1n) is 3.37. The molecule has 0 amide bonds. The fraction of sp³-hybridized carbons (Fsp3) is 0.286. The van der Waals surface area contributed by atoms with Crippen molar-refractivity contribution in [2.75, 3.05) is 5.75 Å². The zero-order valence-electron chi connectivity index (χ0n) is 6.81. The summed E-state index contributed by atoms with van der Waals surface area (Å²) in [5.74, 6) is 0.272. The molecule has 0 radical (unpaired) electrons. The number of nitriles is 1. The Labute approximate surface area is 82.9 Å². The van der Waals surface area contributed by atoms with Crippen molar-refractivity contribution in [1.29, 1.82) is 5.26 Å². The number of hydrogen-bond donors (Lipinski definition) is 0. The second kappa shape index (κ2) is 4.25. The third-order valence-corrected chi connectivity index (χ3v) is 3.47. The molecule has 0 aromatic carbocycles. The van der Waals surface area contributed by atoms with Crippen molar-refractivity contribution in [3.63, 3.8) is 0 Å². The summed E-state index contributed by atoms with van der Waals surface area (Å²) >= 11 is 2.40. The van der Waals surface area contributed by atoms with Crippen LogP contribution in [0.1, 0.15) is 5.56 Å². The van der Waals surface area contributed by atoms with E-state index in [0.29, 0.717) is 4.21 Å². The van der Waals surface area contributed by atoms with E-state index < -0.39 is 0 Å². The smallest absolute Gasteiger partial charge is 0.279 e. The number of aromatic nitrogens is 1. The number of hydrogen-bond acceptors (Lipinski definition) is 5. The van der Waals surface area contributed by atoms with Crippen LogP contribution in [0.25, 0.3) is 0 Å². The van der Waals surface area contributed by atoms with Crippen LogP contribution in [0.5, 0.6) is 0 Å². The van der Waals surface area contributed by atoms with Gasteiger partial charge in [0.2, 0.25) is 0 Å². The molecule has 0 bridgehead atoms. The monoisotopic (exact) mass is 214 g/mol. The first-order valence-corrected chi connectivity index (χ1v) is 5.13. The Morgan fingerprint density at radius 2 is 2.46 bits per heavy atom. The number of carbonyl (C=O) groups excluding carboxylic acids is 1. The van der Waals surface area contributed by atoms with Gasteiger partial charge in [-0.05, 0) is 11.5 Å². The molecule has 1 heterocycles. The Kier molecular flexibility index (Phi) is 3.28. The second-order valence-corrected chi connectivity index (χ2v) is 4.57. The molecular weight excluding hydrogens is 208 g/mol. The highest BCUT2D eigenvalue weighted by Gasteiger charge is 2.12. The van der Waals surface area contributed by atoms with Crippen molar-refractivity contribution in [3.8, 4) is 6.07 Å². The fourth-order valence-corrected chi connectivity index (χ4v) is 2.65. The van der Waals surface area contributed by atoms with Crippen LogP contribution in [0.2, 0.25) is 0 Å². The number of thioether (sulfide) groups is 1. The second-order valence-electron chi connectivity index (χ2n) is 2.15. The van der Waals surface area contributed by atoms with E-state index in [1.54, 1.807) is 7.05 Å². The van der Waals surface area contributed by atoms with Crippen LogP contribution in [-0.4, -0.2) is 16.0 Å². The summed E-state index contributed by atoms with van der Waals surface area (Å²) in [5, 5.41) is 8.65. The number of rotatable bonds is 3. The highest BCUT2D eigenvalue weighted by molar-refractivity contribution is 8.01. The summed E-state index contributed by atoms with van der Waals surface area (Å²) in [5.41, 5.74) is -0.153. The molecule has 13 heavy (non-hydrogen) atoms. The Morgan fingerprint density at radius 1 is 1.77 bits per heavy atom. The highest BCUT2D eigenvalue weighted by Crippen LogP contribution is 2.23. The van der Waals surface area contributed by atoms with Crippen LogP contribution in [-0.2, 0) is 11.8 Å². The van der Waals surface area contributed by atoms with Crippen LogP contribution in [0, 0.1) is 11.3 Å². The lowest BCUT2D eigenvalue weighted by Gasteiger charge is -1.88.